The summed E-state index contributed by atoms with van der Waals surface area (Å²) in [5.41, 5.74) is 4.06. The highest BCUT2D eigenvalue weighted by molar-refractivity contribution is 9.10. The van der Waals surface area contributed by atoms with E-state index in [0.717, 1.165) is 22.4 Å². The number of nitrogens with zero attached hydrogens (tertiary/aromatic N) is 2. The second-order valence-electron chi connectivity index (χ2n) is 6.04. The average Bonchev–Trinajstić information content (AvgIpc) is 3.25. The number of nitrogens with one attached hydrogen (secondary N) is 2. The van der Waals surface area contributed by atoms with Gasteiger partial charge in [0.2, 0.25) is 11.0 Å². The summed E-state index contributed by atoms with van der Waals surface area (Å²) < 4.78 is 6.24. The van der Waals surface area contributed by atoms with Gasteiger partial charge in [-0.15, -0.1) is 10.2 Å². The molecule has 0 spiro atoms. The normalized spacial score (nSPS) is 10.7. The number of benzene rings is 1. The van der Waals surface area contributed by atoms with Gasteiger partial charge in [0.1, 0.15) is 0 Å². The molecule has 28 heavy (non-hydrogen) atoms. The van der Waals surface area contributed by atoms with Crippen LogP contribution in [0.4, 0.5) is 10.8 Å². The van der Waals surface area contributed by atoms with Crippen molar-refractivity contribution in [2.75, 3.05) is 16.4 Å². The van der Waals surface area contributed by atoms with Crippen LogP contribution < -0.4 is 10.6 Å². The summed E-state index contributed by atoms with van der Waals surface area (Å²) in [5, 5.41) is 13.8. The number of carbonyl (C=O) groups excluding carboxylic acids is 2. The van der Waals surface area contributed by atoms with Crippen molar-refractivity contribution in [1.29, 1.82) is 0 Å². The monoisotopic (exact) mass is 480 g/mol. The van der Waals surface area contributed by atoms with E-state index in [1.165, 1.54) is 23.1 Å². The van der Waals surface area contributed by atoms with Gasteiger partial charge in [-0.1, -0.05) is 40.8 Å². The minimum absolute atomic E-state index is 0.124. The Morgan fingerprint density at radius 2 is 1.86 bits per heavy atom. The van der Waals surface area contributed by atoms with E-state index < -0.39 is 5.91 Å². The van der Waals surface area contributed by atoms with E-state index in [2.05, 4.69) is 36.8 Å². The molecule has 2 heterocycles. The highest BCUT2D eigenvalue weighted by atomic mass is 79.9. The van der Waals surface area contributed by atoms with Gasteiger partial charge in [0, 0.05) is 5.69 Å². The second-order valence-corrected chi connectivity index (χ2v) is 9.02. The lowest BCUT2D eigenvalue weighted by atomic mass is 10.1. The number of aromatic nitrogens is 2. The molecule has 0 bridgehead atoms. The second kappa shape index (κ2) is 8.89. The highest BCUT2D eigenvalue weighted by Gasteiger charge is 2.15. The SMILES string of the molecule is Cc1cc(C)c(NC(=O)CSc2nnc(NC(=O)c3ccc(Br)o3)s2)c(C)c1. The minimum atomic E-state index is -0.415. The number of aryl methyl sites for hydroxylation is 3. The van der Waals surface area contributed by atoms with Gasteiger partial charge in [-0.05, 0) is 60.0 Å². The molecule has 0 aliphatic heterocycles. The van der Waals surface area contributed by atoms with Crippen molar-refractivity contribution >= 4 is 61.7 Å². The summed E-state index contributed by atoms with van der Waals surface area (Å²) >= 11 is 5.60. The maximum absolute atomic E-state index is 12.3. The van der Waals surface area contributed by atoms with Gasteiger partial charge in [0.25, 0.3) is 5.91 Å². The molecule has 0 atom stereocenters. The molecule has 0 aliphatic rings. The van der Waals surface area contributed by atoms with E-state index in [1.807, 2.05) is 32.9 Å². The predicted molar refractivity (Wildman–Crippen MR) is 114 cm³/mol. The Hall–Kier alpha value is -2.17. The van der Waals surface area contributed by atoms with E-state index in [4.69, 9.17) is 4.42 Å². The molecule has 7 nitrogen and oxygen atoms in total. The van der Waals surface area contributed by atoms with Crippen LogP contribution in [0.15, 0.2) is 37.7 Å². The van der Waals surface area contributed by atoms with Crippen LogP contribution in [0.1, 0.15) is 27.2 Å². The summed E-state index contributed by atoms with van der Waals surface area (Å²) in [6.45, 7) is 5.97. The highest BCUT2D eigenvalue weighted by Crippen LogP contribution is 2.27. The van der Waals surface area contributed by atoms with Crippen molar-refractivity contribution in [1.82, 2.24) is 10.2 Å². The number of carbonyl (C=O) groups is 2. The number of hydrogen-bond donors (Lipinski definition) is 2. The fourth-order valence-electron chi connectivity index (χ4n) is 2.59. The standard InChI is InChI=1S/C18H17BrN4O3S2/c1-9-6-10(2)15(11(3)7-9)20-14(24)8-27-18-23-22-17(28-18)21-16(25)12-4-5-13(19)26-12/h4-7H,8H2,1-3H3,(H,20,24)(H,21,22,25). The zero-order valence-electron chi connectivity index (χ0n) is 15.3. The molecule has 0 saturated heterocycles. The third-order valence-electron chi connectivity index (χ3n) is 3.69. The van der Waals surface area contributed by atoms with Crippen molar-refractivity contribution in [3.05, 3.63) is 51.4 Å². The number of halogens is 1. The van der Waals surface area contributed by atoms with Gasteiger partial charge in [0.05, 0.1) is 5.75 Å². The zero-order valence-corrected chi connectivity index (χ0v) is 18.5. The Morgan fingerprint density at radius 1 is 1.14 bits per heavy atom. The summed E-state index contributed by atoms with van der Waals surface area (Å²) in [4.78, 5) is 24.3. The molecule has 0 saturated carbocycles. The van der Waals surface area contributed by atoms with Gasteiger partial charge in [0.15, 0.2) is 14.8 Å². The number of anilines is 2. The van der Waals surface area contributed by atoms with E-state index in [1.54, 1.807) is 12.1 Å². The maximum Gasteiger partial charge on any atom is 0.293 e. The van der Waals surface area contributed by atoms with Gasteiger partial charge < -0.3 is 9.73 Å². The Morgan fingerprint density at radius 3 is 2.50 bits per heavy atom. The lowest BCUT2D eigenvalue weighted by Crippen LogP contribution is -2.15. The third kappa shape index (κ3) is 5.21. The molecule has 0 radical (unpaired) electrons. The Kier molecular flexibility index (Phi) is 6.53. The lowest BCUT2D eigenvalue weighted by Gasteiger charge is -2.12. The molecular formula is C18H17BrN4O3S2. The average molecular weight is 481 g/mol. The Bertz CT molecular complexity index is 1010. The summed E-state index contributed by atoms with van der Waals surface area (Å²) in [6.07, 6.45) is 0. The van der Waals surface area contributed by atoms with Crippen molar-refractivity contribution in [2.45, 2.75) is 25.1 Å². The summed E-state index contributed by atoms with van der Waals surface area (Å²) in [5.74, 6) is -0.178. The molecule has 146 valence electrons. The first-order valence-corrected chi connectivity index (χ1v) is 10.8. The van der Waals surface area contributed by atoms with Gasteiger partial charge in [-0.25, -0.2) is 0 Å². The molecule has 0 unspecified atom stereocenters. The van der Waals surface area contributed by atoms with E-state index in [0.29, 0.717) is 14.1 Å². The van der Waals surface area contributed by atoms with Crippen molar-refractivity contribution in [3.63, 3.8) is 0 Å². The van der Waals surface area contributed by atoms with Crippen molar-refractivity contribution in [2.24, 2.45) is 0 Å². The smallest absolute Gasteiger partial charge is 0.293 e. The van der Waals surface area contributed by atoms with Crippen LogP contribution >= 0.6 is 39.0 Å². The third-order valence-corrected chi connectivity index (χ3v) is 6.09. The van der Waals surface area contributed by atoms with Gasteiger partial charge >= 0.3 is 0 Å². The van der Waals surface area contributed by atoms with E-state index in [-0.39, 0.29) is 17.4 Å². The van der Waals surface area contributed by atoms with Crippen LogP contribution in [-0.2, 0) is 4.79 Å². The molecule has 2 N–H and O–H groups in total. The molecule has 3 aromatic rings. The van der Waals surface area contributed by atoms with Crippen LogP contribution in [0.5, 0.6) is 0 Å². The first-order chi connectivity index (χ1) is 13.3. The maximum atomic E-state index is 12.3. The molecule has 3 rings (SSSR count). The number of rotatable bonds is 6. The summed E-state index contributed by atoms with van der Waals surface area (Å²) in [7, 11) is 0. The molecule has 2 aromatic heterocycles. The fraction of sp³-hybridized carbons (Fsp3) is 0.222. The van der Waals surface area contributed by atoms with Crippen LogP contribution in [0.3, 0.4) is 0 Å². The number of thioether (sulfide) groups is 1. The number of furan rings is 1. The Balaban J connectivity index is 1.54. The first-order valence-electron chi connectivity index (χ1n) is 8.22. The van der Waals surface area contributed by atoms with Crippen LogP contribution in [0, 0.1) is 20.8 Å². The van der Waals surface area contributed by atoms with Crippen LogP contribution in [0.25, 0.3) is 0 Å². The quantitative estimate of drug-likeness (QED) is 0.388. The lowest BCUT2D eigenvalue weighted by molar-refractivity contribution is -0.113. The number of hydrogen-bond acceptors (Lipinski definition) is 7. The Labute approximate surface area is 178 Å². The van der Waals surface area contributed by atoms with Gasteiger partial charge in [-0.3, -0.25) is 14.9 Å². The van der Waals surface area contributed by atoms with Crippen molar-refractivity contribution < 1.29 is 14.0 Å². The largest absolute Gasteiger partial charge is 0.444 e. The molecule has 0 aliphatic carbocycles. The number of amides is 2. The van der Waals surface area contributed by atoms with Crippen LogP contribution in [0.2, 0.25) is 0 Å². The molecule has 2 amide bonds. The molecular weight excluding hydrogens is 464 g/mol. The molecule has 10 heteroatoms. The molecule has 1 aromatic carbocycles. The van der Waals surface area contributed by atoms with E-state index >= 15 is 0 Å². The topological polar surface area (TPSA) is 97.1 Å². The fourth-order valence-corrected chi connectivity index (χ4v) is 4.45. The first kappa shape index (κ1) is 20.6. The van der Waals surface area contributed by atoms with Crippen molar-refractivity contribution in [3.8, 4) is 0 Å². The van der Waals surface area contributed by atoms with E-state index in [9.17, 15) is 9.59 Å². The molecule has 0 fully saturated rings. The minimum Gasteiger partial charge on any atom is -0.444 e. The van der Waals surface area contributed by atoms with Crippen LogP contribution in [-0.4, -0.2) is 27.8 Å². The zero-order chi connectivity index (χ0) is 20.3. The predicted octanol–water partition coefficient (Wildman–Crippen LogP) is 4.80. The summed E-state index contributed by atoms with van der Waals surface area (Å²) in [6, 6.07) is 7.25. The van der Waals surface area contributed by atoms with Gasteiger partial charge in [-0.2, -0.15) is 0 Å².